The van der Waals surface area contributed by atoms with Crippen LogP contribution in [0, 0.1) is 5.92 Å². The molecule has 1 aliphatic rings. The number of hydrogen-bond acceptors (Lipinski definition) is 9. The fourth-order valence-electron chi connectivity index (χ4n) is 6.06. The number of para-hydroxylation sites is 1. The maximum atomic E-state index is 13.0. The summed E-state index contributed by atoms with van der Waals surface area (Å²) in [5, 5.41) is 18.8. The van der Waals surface area contributed by atoms with Gasteiger partial charge < -0.3 is 39.8 Å². The first-order chi connectivity index (χ1) is 21.8. The third kappa shape index (κ3) is 8.60. The van der Waals surface area contributed by atoms with E-state index >= 15 is 0 Å². The lowest BCUT2D eigenvalue weighted by atomic mass is 10.0. The Balaban J connectivity index is 1.38. The molecule has 0 amide bonds. The van der Waals surface area contributed by atoms with Crippen molar-refractivity contribution in [1.82, 2.24) is 19.9 Å². The van der Waals surface area contributed by atoms with Crippen molar-refractivity contribution < 1.29 is 14.4 Å². The van der Waals surface area contributed by atoms with E-state index in [4.69, 9.17) is 14.7 Å². The monoisotopic (exact) mass is 647 g/mol. The van der Waals surface area contributed by atoms with Crippen LogP contribution in [-0.4, -0.2) is 83.2 Å². The Morgan fingerprint density at radius 3 is 2.54 bits per heavy atom. The Morgan fingerprint density at radius 1 is 1.11 bits per heavy atom. The molecule has 4 aromatic rings. The summed E-state index contributed by atoms with van der Waals surface area (Å²) >= 11 is 0. The molecule has 0 spiro atoms. The first-order valence-corrected chi connectivity index (χ1v) is 18.8. The molecule has 2 aromatic heterocycles. The number of fused-ring (bicyclic) bond motifs is 1. The molecular weight excluding hydrogens is 597 g/mol. The minimum atomic E-state index is -2.52. The van der Waals surface area contributed by atoms with Gasteiger partial charge in [-0.2, -0.15) is 9.97 Å². The molecule has 10 nitrogen and oxygen atoms in total. The van der Waals surface area contributed by atoms with Crippen LogP contribution in [-0.2, 0) is 4.57 Å². The van der Waals surface area contributed by atoms with Gasteiger partial charge in [0.2, 0.25) is 5.95 Å². The summed E-state index contributed by atoms with van der Waals surface area (Å²) in [7, 11) is -0.411. The number of aliphatic hydroxyl groups is 1. The van der Waals surface area contributed by atoms with Gasteiger partial charge in [0.25, 0.3) is 0 Å². The lowest BCUT2D eigenvalue weighted by Gasteiger charge is -2.40. The van der Waals surface area contributed by atoms with E-state index in [-0.39, 0.29) is 0 Å². The zero-order valence-electron chi connectivity index (χ0n) is 28.3. The van der Waals surface area contributed by atoms with E-state index in [2.05, 4.69) is 52.4 Å². The largest absolute Gasteiger partial charge is 0.491 e. The predicted octanol–water partition coefficient (Wildman–Crippen LogP) is 6.79. The average molecular weight is 648 g/mol. The van der Waals surface area contributed by atoms with E-state index in [0.717, 1.165) is 65.9 Å². The van der Waals surface area contributed by atoms with Crippen LogP contribution in [0.3, 0.4) is 0 Å². The molecule has 0 unspecified atom stereocenters. The second-order valence-electron chi connectivity index (χ2n) is 13.9. The zero-order valence-corrected chi connectivity index (χ0v) is 29.2. The number of aromatic amines is 1. The smallest absolute Gasteiger partial charge is 0.231 e. The van der Waals surface area contributed by atoms with Crippen molar-refractivity contribution in [3.05, 3.63) is 54.7 Å². The van der Waals surface area contributed by atoms with Gasteiger partial charge >= 0.3 is 0 Å². The summed E-state index contributed by atoms with van der Waals surface area (Å²) in [6.45, 7) is 14.8. The molecule has 1 aliphatic heterocycles. The highest BCUT2D eigenvalue weighted by atomic mass is 31.2. The van der Waals surface area contributed by atoms with Gasteiger partial charge in [0.15, 0.2) is 0 Å². The Labute approximate surface area is 273 Å². The van der Waals surface area contributed by atoms with Crippen LogP contribution in [0.1, 0.15) is 47.0 Å². The van der Waals surface area contributed by atoms with Crippen molar-refractivity contribution in [3.63, 3.8) is 0 Å². The summed E-state index contributed by atoms with van der Waals surface area (Å²) in [5.74, 6) is 2.43. The lowest BCUT2D eigenvalue weighted by molar-refractivity contribution is 0.0274. The maximum Gasteiger partial charge on any atom is 0.231 e. The number of H-pyrrole nitrogens is 1. The first kappa shape index (κ1) is 33.8. The van der Waals surface area contributed by atoms with Gasteiger partial charge in [-0.15, -0.1) is 0 Å². The molecule has 1 fully saturated rings. The molecule has 4 N–H and O–H groups in total. The zero-order chi connectivity index (χ0) is 33.1. The molecule has 0 saturated carbocycles. The van der Waals surface area contributed by atoms with E-state index in [1.54, 1.807) is 13.3 Å². The van der Waals surface area contributed by atoms with Gasteiger partial charge in [0.05, 0.1) is 29.0 Å². The molecule has 0 bridgehead atoms. The van der Waals surface area contributed by atoms with E-state index in [0.29, 0.717) is 42.5 Å². The molecule has 11 heteroatoms. The molecule has 248 valence electrons. The Hall–Kier alpha value is -3.59. The van der Waals surface area contributed by atoms with Crippen molar-refractivity contribution in [2.45, 2.75) is 58.6 Å². The first-order valence-electron chi connectivity index (χ1n) is 16.2. The van der Waals surface area contributed by atoms with Crippen LogP contribution in [0.4, 0.5) is 28.8 Å². The van der Waals surface area contributed by atoms with Crippen LogP contribution in [0.5, 0.6) is 5.75 Å². The topological polar surface area (TPSA) is 119 Å². The minimum absolute atomic E-state index is 0.433. The summed E-state index contributed by atoms with van der Waals surface area (Å²) in [5.41, 5.74) is 2.66. The van der Waals surface area contributed by atoms with Crippen molar-refractivity contribution in [3.8, 4) is 5.75 Å². The number of nitrogens with zero attached hydrogens (tertiary/aromatic N) is 4. The van der Waals surface area contributed by atoms with Crippen LogP contribution in [0.15, 0.2) is 54.7 Å². The Kier molecular flexibility index (Phi) is 10.3. The highest BCUT2D eigenvalue weighted by molar-refractivity contribution is 7.70. The number of rotatable bonds is 13. The number of ether oxygens (including phenoxy) is 1. The number of anilines is 5. The van der Waals surface area contributed by atoms with Gasteiger partial charge in [-0.1, -0.05) is 26.0 Å². The number of aromatic nitrogens is 3. The standard InChI is InChI=1S/C35H50N7O3P/c1-24(2)17-21-45-30-22-25(12-13-29(30)42-19-15-26(16-20-42)41(5)23-35(3,4)43)37-34-39-32-27(14-18-36-32)33(40-34)38-28-10-8-9-11-31(28)46(6,7)44/h8-14,18,22,24,26,43H,15-17,19-21,23H2,1-7H3,(H3,36,37,38,39,40). The molecule has 5 rings (SSSR count). The molecule has 2 aromatic carbocycles. The molecule has 0 radical (unpaired) electrons. The molecule has 46 heavy (non-hydrogen) atoms. The molecule has 0 aliphatic carbocycles. The van der Waals surface area contributed by atoms with Gasteiger partial charge in [-0.05, 0) is 89.7 Å². The summed E-state index contributed by atoms with van der Waals surface area (Å²) in [4.78, 5) is 17.5. The number of likely N-dealkylation sites (N-methyl/N-ethyl adjacent to an activating group) is 1. The van der Waals surface area contributed by atoms with Gasteiger partial charge in [-0.3, -0.25) is 0 Å². The van der Waals surface area contributed by atoms with Gasteiger partial charge in [-0.25, -0.2) is 0 Å². The third-order valence-corrected chi connectivity index (χ3v) is 9.94. The highest BCUT2D eigenvalue weighted by Gasteiger charge is 2.27. The van der Waals surface area contributed by atoms with Gasteiger partial charge in [0, 0.05) is 48.9 Å². The van der Waals surface area contributed by atoms with Gasteiger partial charge in [0.1, 0.15) is 24.4 Å². The maximum absolute atomic E-state index is 13.0. The average Bonchev–Trinajstić information content (AvgIpc) is 3.45. The second-order valence-corrected chi connectivity index (χ2v) is 17.1. The fourth-order valence-corrected chi connectivity index (χ4v) is 7.21. The Morgan fingerprint density at radius 2 is 1.85 bits per heavy atom. The predicted molar refractivity (Wildman–Crippen MR) is 192 cm³/mol. The van der Waals surface area contributed by atoms with Crippen molar-refractivity contribution >= 4 is 52.3 Å². The number of piperidine rings is 1. The highest BCUT2D eigenvalue weighted by Crippen LogP contribution is 2.39. The number of benzene rings is 2. The fraction of sp³-hybridized carbons (Fsp3) is 0.486. The van der Waals surface area contributed by atoms with E-state index in [9.17, 15) is 9.67 Å². The minimum Gasteiger partial charge on any atom is -0.491 e. The SMILES string of the molecule is CC(C)CCOc1cc(Nc2nc(Nc3ccccc3P(C)(C)=O)c3cc[nH]c3n2)ccc1N1CCC(N(C)CC(C)(C)O)CC1. The van der Waals surface area contributed by atoms with Crippen LogP contribution < -0.4 is 25.6 Å². The lowest BCUT2D eigenvalue weighted by Crippen LogP contribution is -2.47. The summed E-state index contributed by atoms with van der Waals surface area (Å²) in [6.07, 6.45) is 4.84. The number of nitrogens with one attached hydrogen (secondary N) is 3. The third-order valence-electron chi connectivity index (χ3n) is 8.39. The number of hydrogen-bond donors (Lipinski definition) is 4. The molecular formula is C35H50N7O3P. The quantitative estimate of drug-likeness (QED) is 0.116. The molecule has 1 saturated heterocycles. The Bertz CT molecular complexity index is 1670. The summed E-state index contributed by atoms with van der Waals surface area (Å²) < 4.78 is 19.4. The molecule has 3 heterocycles. The second kappa shape index (κ2) is 14.0. The van der Waals surface area contributed by atoms with Crippen LogP contribution in [0.25, 0.3) is 11.0 Å². The van der Waals surface area contributed by atoms with Crippen molar-refractivity contribution in [2.24, 2.45) is 5.92 Å². The summed E-state index contributed by atoms with van der Waals surface area (Å²) in [6, 6.07) is 16.2. The van der Waals surface area contributed by atoms with E-state index in [1.165, 1.54) is 0 Å². The van der Waals surface area contributed by atoms with Crippen LogP contribution in [0.2, 0.25) is 0 Å². The van der Waals surface area contributed by atoms with Crippen molar-refractivity contribution in [1.29, 1.82) is 0 Å². The van der Waals surface area contributed by atoms with E-state index in [1.807, 2.05) is 62.5 Å². The van der Waals surface area contributed by atoms with Crippen molar-refractivity contribution in [2.75, 3.05) is 62.2 Å². The normalized spacial score (nSPS) is 14.8. The van der Waals surface area contributed by atoms with E-state index < -0.39 is 12.7 Å². The van der Waals surface area contributed by atoms with Crippen LogP contribution >= 0.6 is 7.14 Å². The molecule has 0 atom stereocenters.